The van der Waals surface area contributed by atoms with E-state index in [4.69, 9.17) is 14.5 Å². The Morgan fingerprint density at radius 3 is 2.94 bits per heavy atom. The molecule has 0 spiro atoms. The number of methoxy groups -OCH3 is 1. The average Bonchev–Trinajstić information content (AvgIpc) is 3.18. The molecule has 0 unspecified atom stereocenters. The molecule has 1 amide bonds. The van der Waals surface area contributed by atoms with Gasteiger partial charge in [0, 0.05) is 30.4 Å². The molecule has 5 rings (SSSR count). The summed E-state index contributed by atoms with van der Waals surface area (Å²) in [5.74, 6) is 1.25. The second-order valence-electron chi connectivity index (χ2n) is 8.38. The number of nitrogens with one attached hydrogen (secondary N) is 1. The third-order valence-corrected chi connectivity index (χ3v) is 6.25. The van der Waals surface area contributed by atoms with Crippen molar-refractivity contribution in [3.05, 3.63) is 47.7 Å². The van der Waals surface area contributed by atoms with Crippen molar-refractivity contribution in [3.8, 4) is 5.75 Å². The Balaban J connectivity index is 1.47. The van der Waals surface area contributed by atoms with Gasteiger partial charge in [-0.25, -0.2) is 14.8 Å². The van der Waals surface area contributed by atoms with Crippen LogP contribution in [0.5, 0.6) is 5.75 Å². The van der Waals surface area contributed by atoms with Crippen molar-refractivity contribution >= 4 is 34.3 Å². The van der Waals surface area contributed by atoms with Gasteiger partial charge in [0.2, 0.25) is 5.95 Å². The van der Waals surface area contributed by atoms with E-state index >= 15 is 0 Å². The number of carbonyl (C=O) groups excluding carboxylic acids is 1. The molecule has 32 heavy (non-hydrogen) atoms. The van der Waals surface area contributed by atoms with Crippen LogP contribution in [0, 0.1) is 0 Å². The molecule has 3 aromatic rings. The number of carbonyl (C=O) groups is 1. The molecule has 1 aromatic heterocycles. The van der Waals surface area contributed by atoms with Crippen LogP contribution in [0.4, 0.5) is 22.1 Å². The number of hydrogen-bond donors (Lipinski definition) is 1. The van der Waals surface area contributed by atoms with Crippen LogP contribution < -0.4 is 15.0 Å². The highest BCUT2D eigenvalue weighted by molar-refractivity contribution is 5.93. The number of likely N-dealkylation sites (N-methyl/N-ethyl adjacent to an activating group) is 1. The van der Waals surface area contributed by atoms with Gasteiger partial charge in [-0.3, -0.25) is 4.90 Å². The van der Waals surface area contributed by atoms with Crippen LogP contribution >= 0.6 is 0 Å². The van der Waals surface area contributed by atoms with E-state index in [0.29, 0.717) is 12.6 Å². The van der Waals surface area contributed by atoms with Crippen LogP contribution in [-0.2, 0) is 17.7 Å². The molecule has 1 N–H and O–H groups in total. The largest absolute Gasteiger partial charge is 0.495 e. The maximum Gasteiger partial charge on any atom is 0.414 e. The van der Waals surface area contributed by atoms with Gasteiger partial charge in [0.1, 0.15) is 12.4 Å². The smallest absolute Gasteiger partial charge is 0.414 e. The Bertz CT molecular complexity index is 1180. The molecule has 1 fully saturated rings. The second kappa shape index (κ2) is 8.27. The molecular weight excluding hydrogens is 406 g/mol. The molecule has 8 nitrogen and oxygen atoms in total. The number of benzene rings is 2. The van der Waals surface area contributed by atoms with Crippen molar-refractivity contribution in [1.29, 1.82) is 0 Å². The van der Waals surface area contributed by atoms with Gasteiger partial charge in [-0.2, -0.15) is 0 Å². The quantitative estimate of drug-likeness (QED) is 0.649. The summed E-state index contributed by atoms with van der Waals surface area (Å²) >= 11 is 0. The van der Waals surface area contributed by atoms with Crippen LogP contribution in [0.3, 0.4) is 0 Å². The van der Waals surface area contributed by atoms with E-state index in [2.05, 4.69) is 41.3 Å². The first-order valence-corrected chi connectivity index (χ1v) is 10.9. The molecule has 2 aliphatic rings. The molecule has 0 saturated carbocycles. The maximum absolute atomic E-state index is 12.2. The molecule has 8 heteroatoms. The third kappa shape index (κ3) is 3.71. The normalized spacial score (nSPS) is 18.5. The summed E-state index contributed by atoms with van der Waals surface area (Å²) in [7, 11) is 3.80. The fraction of sp³-hybridized carbons (Fsp3) is 0.375. The topological polar surface area (TPSA) is 79.8 Å². The van der Waals surface area contributed by atoms with Crippen LogP contribution in [0.25, 0.3) is 10.9 Å². The van der Waals surface area contributed by atoms with Crippen LogP contribution in [-0.4, -0.2) is 54.3 Å². The SMILES string of the molecule is CC[C@H]1COC(=O)N1c1ccc2cnc(Nc3cc4c(cc3OC)CCN(C)C4)nc2c1. The van der Waals surface area contributed by atoms with Gasteiger partial charge in [-0.1, -0.05) is 6.92 Å². The Hall–Kier alpha value is -3.39. The monoisotopic (exact) mass is 433 g/mol. The third-order valence-electron chi connectivity index (χ3n) is 6.25. The standard InChI is InChI=1S/C24H27N5O3/c1-4-18-14-32-24(30)29(18)19-6-5-16-12-25-23(26-20(16)11-19)27-21-9-17-13-28(2)8-7-15(17)10-22(21)31-3/h5-6,9-12,18H,4,7-8,13-14H2,1-3H3,(H,25,26,27)/t18-/m0/s1. The number of hydrogen-bond acceptors (Lipinski definition) is 7. The second-order valence-corrected chi connectivity index (χ2v) is 8.38. The molecule has 0 aliphatic carbocycles. The average molecular weight is 434 g/mol. The Morgan fingerprint density at radius 2 is 2.12 bits per heavy atom. The lowest BCUT2D eigenvalue weighted by Crippen LogP contribution is -2.32. The number of amides is 1. The molecule has 0 bridgehead atoms. The number of anilines is 3. The molecule has 0 radical (unpaired) electrons. The lowest BCUT2D eigenvalue weighted by Gasteiger charge is -2.26. The van der Waals surface area contributed by atoms with Crippen LogP contribution in [0.15, 0.2) is 36.5 Å². The van der Waals surface area contributed by atoms with E-state index in [-0.39, 0.29) is 12.1 Å². The number of ether oxygens (including phenoxy) is 2. The zero-order valence-corrected chi connectivity index (χ0v) is 18.6. The van der Waals surface area contributed by atoms with E-state index in [9.17, 15) is 4.79 Å². The Labute approximate surface area is 187 Å². The molecule has 1 saturated heterocycles. The Kier molecular flexibility index (Phi) is 5.30. The van der Waals surface area contributed by atoms with Gasteiger partial charge in [-0.05, 0) is 61.3 Å². The molecule has 2 aromatic carbocycles. The highest BCUT2D eigenvalue weighted by Gasteiger charge is 2.33. The van der Waals surface area contributed by atoms with Crippen LogP contribution in [0.1, 0.15) is 24.5 Å². The van der Waals surface area contributed by atoms with Crippen molar-refractivity contribution in [2.45, 2.75) is 32.4 Å². The van der Waals surface area contributed by atoms with E-state index in [1.165, 1.54) is 11.1 Å². The predicted octanol–water partition coefficient (Wildman–Crippen LogP) is 4.11. The minimum atomic E-state index is -0.313. The van der Waals surface area contributed by atoms with E-state index in [1.54, 1.807) is 18.2 Å². The van der Waals surface area contributed by atoms with Gasteiger partial charge in [0.25, 0.3) is 0 Å². The maximum atomic E-state index is 12.2. The van der Waals surface area contributed by atoms with Crippen LogP contribution in [0.2, 0.25) is 0 Å². The van der Waals surface area contributed by atoms with Gasteiger partial charge in [0.05, 0.1) is 24.4 Å². The van der Waals surface area contributed by atoms with Crippen molar-refractivity contribution in [3.63, 3.8) is 0 Å². The van der Waals surface area contributed by atoms with E-state index in [1.807, 2.05) is 18.2 Å². The first-order chi connectivity index (χ1) is 15.6. The summed E-state index contributed by atoms with van der Waals surface area (Å²) in [5, 5.41) is 4.23. The number of aromatic nitrogens is 2. The summed E-state index contributed by atoms with van der Waals surface area (Å²) < 4.78 is 10.9. The number of cyclic esters (lactones) is 1. The molecule has 1 atom stereocenters. The van der Waals surface area contributed by atoms with Crippen molar-refractivity contribution < 1.29 is 14.3 Å². The first-order valence-electron chi connectivity index (χ1n) is 10.9. The van der Waals surface area contributed by atoms with Gasteiger partial charge in [0.15, 0.2) is 0 Å². The summed E-state index contributed by atoms with van der Waals surface area (Å²) in [6.45, 7) is 4.41. The summed E-state index contributed by atoms with van der Waals surface area (Å²) in [6, 6.07) is 10.0. The molecule has 3 heterocycles. The molecule has 2 aliphatic heterocycles. The van der Waals surface area contributed by atoms with Gasteiger partial charge in [-0.15, -0.1) is 0 Å². The summed E-state index contributed by atoms with van der Waals surface area (Å²) in [5.41, 5.74) is 4.98. The number of rotatable bonds is 5. The van der Waals surface area contributed by atoms with E-state index in [0.717, 1.165) is 54.0 Å². The molecule has 166 valence electrons. The first kappa shape index (κ1) is 20.5. The zero-order chi connectivity index (χ0) is 22.2. The fourth-order valence-electron chi connectivity index (χ4n) is 4.41. The molecular formula is C24H27N5O3. The highest BCUT2D eigenvalue weighted by Crippen LogP contribution is 2.33. The fourth-order valence-corrected chi connectivity index (χ4v) is 4.41. The minimum Gasteiger partial charge on any atom is -0.495 e. The van der Waals surface area contributed by atoms with Crippen molar-refractivity contribution in [1.82, 2.24) is 14.9 Å². The van der Waals surface area contributed by atoms with Gasteiger partial charge >= 0.3 is 6.09 Å². The summed E-state index contributed by atoms with van der Waals surface area (Å²) in [6.07, 6.45) is 3.31. The summed E-state index contributed by atoms with van der Waals surface area (Å²) in [4.78, 5) is 25.5. The lowest BCUT2D eigenvalue weighted by atomic mass is 9.99. The van der Waals surface area contributed by atoms with Crippen molar-refractivity contribution in [2.24, 2.45) is 0 Å². The zero-order valence-electron chi connectivity index (χ0n) is 18.6. The van der Waals surface area contributed by atoms with Gasteiger partial charge < -0.3 is 19.7 Å². The number of nitrogens with zero attached hydrogens (tertiary/aromatic N) is 4. The predicted molar refractivity (Wildman–Crippen MR) is 124 cm³/mol. The lowest BCUT2D eigenvalue weighted by molar-refractivity contribution is 0.178. The number of fused-ring (bicyclic) bond motifs is 2. The van der Waals surface area contributed by atoms with E-state index < -0.39 is 0 Å². The Morgan fingerprint density at radius 1 is 1.25 bits per heavy atom. The highest BCUT2D eigenvalue weighted by atomic mass is 16.6. The minimum absolute atomic E-state index is 0.0391. The van der Waals surface area contributed by atoms with Crippen molar-refractivity contribution in [2.75, 3.05) is 37.5 Å².